The highest BCUT2D eigenvalue weighted by Gasteiger charge is 2.33. The van der Waals surface area contributed by atoms with Gasteiger partial charge in [-0.05, 0) is 43.0 Å². The van der Waals surface area contributed by atoms with Crippen LogP contribution in [-0.4, -0.2) is 79.2 Å². The van der Waals surface area contributed by atoms with Crippen molar-refractivity contribution in [2.24, 2.45) is 0 Å². The molecule has 0 radical (unpaired) electrons. The van der Waals surface area contributed by atoms with Crippen LogP contribution in [-0.2, 0) is 16.1 Å². The number of para-hydroxylation sites is 1. The molecule has 2 aliphatic heterocycles. The second kappa shape index (κ2) is 10.7. The number of rotatable bonds is 5. The molecule has 0 N–H and O–H groups in total. The van der Waals surface area contributed by atoms with E-state index < -0.39 is 0 Å². The minimum absolute atomic E-state index is 0.211. The average Bonchev–Trinajstić information content (AvgIpc) is 3.48. The zero-order valence-electron chi connectivity index (χ0n) is 22.6. The van der Waals surface area contributed by atoms with Gasteiger partial charge in [0.2, 0.25) is 5.91 Å². The first kappa shape index (κ1) is 25.4. The van der Waals surface area contributed by atoms with Gasteiger partial charge in [-0.25, -0.2) is 4.79 Å². The molecule has 1 saturated carbocycles. The second-order valence-corrected chi connectivity index (χ2v) is 11.9. The summed E-state index contributed by atoms with van der Waals surface area (Å²) in [5.74, 6) is 0.436. The summed E-state index contributed by atoms with van der Waals surface area (Å²) in [4.78, 5) is 33.3. The fraction of sp³-hybridized carbons (Fsp3) is 0.533. The van der Waals surface area contributed by atoms with Gasteiger partial charge < -0.3 is 24.0 Å². The first-order valence-electron chi connectivity index (χ1n) is 14.2. The molecule has 0 bridgehead atoms. The van der Waals surface area contributed by atoms with Gasteiger partial charge in [-0.3, -0.25) is 4.79 Å². The fourth-order valence-electron chi connectivity index (χ4n) is 6.67. The zero-order valence-corrected chi connectivity index (χ0v) is 23.4. The van der Waals surface area contributed by atoms with Gasteiger partial charge in [-0.15, -0.1) is 11.3 Å². The lowest BCUT2D eigenvalue weighted by Gasteiger charge is -2.35. The van der Waals surface area contributed by atoms with Crippen LogP contribution in [0.2, 0.25) is 0 Å². The van der Waals surface area contributed by atoms with E-state index >= 15 is 0 Å². The molecule has 1 saturated heterocycles. The number of aromatic nitrogens is 1. The van der Waals surface area contributed by atoms with Crippen LogP contribution in [0.25, 0.3) is 21.5 Å². The van der Waals surface area contributed by atoms with Crippen LogP contribution in [0.4, 0.5) is 5.69 Å². The summed E-state index contributed by atoms with van der Waals surface area (Å²) < 4.78 is 8.75. The van der Waals surface area contributed by atoms with Crippen LogP contribution >= 0.6 is 11.3 Å². The molecule has 38 heavy (non-hydrogen) atoms. The van der Waals surface area contributed by atoms with Gasteiger partial charge in [0.05, 0.1) is 29.6 Å². The number of piperazine rings is 1. The SMILES string of the molecule is CCN1CCN(C(=O)CN2CCn3c(c(C4CCCCC4)c4sc(C(=O)OC)cc43)-c3ccccc32)CC1. The number of methoxy groups -OCH3 is 1. The molecule has 4 heterocycles. The highest BCUT2D eigenvalue weighted by molar-refractivity contribution is 7.21. The molecular weight excluding hydrogens is 496 g/mol. The third-order valence-corrected chi connectivity index (χ3v) is 9.90. The minimum Gasteiger partial charge on any atom is -0.465 e. The molecule has 1 aromatic carbocycles. The van der Waals surface area contributed by atoms with Crippen LogP contribution in [0, 0.1) is 0 Å². The Labute approximate surface area is 228 Å². The number of hydrogen-bond donors (Lipinski definition) is 0. The van der Waals surface area contributed by atoms with Crippen LogP contribution in [0.3, 0.4) is 0 Å². The van der Waals surface area contributed by atoms with E-state index in [1.54, 1.807) is 11.3 Å². The number of carbonyl (C=O) groups is 2. The molecule has 7 nitrogen and oxygen atoms in total. The fourth-order valence-corrected chi connectivity index (χ4v) is 7.88. The molecule has 8 heteroatoms. The Bertz CT molecular complexity index is 1330. The molecule has 1 aliphatic carbocycles. The number of hydrogen-bond acceptors (Lipinski definition) is 6. The van der Waals surface area contributed by atoms with E-state index in [1.807, 2.05) is 11.0 Å². The van der Waals surface area contributed by atoms with E-state index in [-0.39, 0.29) is 11.9 Å². The maximum Gasteiger partial charge on any atom is 0.348 e. The van der Waals surface area contributed by atoms with Gasteiger partial charge in [0, 0.05) is 50.5 Å². The number of nitrogens with zero attached hydrogens (tertiary/aromatic N) is 4. The van der Waals surface area contributed by atoms with Crippen molar-refractivity contribution >= 4 is 39.1 Å². The van der Waals surface area contributed by atoms with Gasteiger partial charge in [-0.1, -0.05) is 44.4 Å². The summed E-state index contributed by atoms with van der Waals surface area (Å²) in [6.07, 6.45) is 6.17. The Morgan fingerprint density at radius 3 is 2.50 bits per heavy atom. The first-order valence-corrected chi connectivity index (χ1v) is 15.0. The molecule has 202 valence electrons. The number of ether oxygens (including phenoxy) is 1. The highest BCUT2D eigenvalue weighted by Crippen LogP contribution is 2.49. The summed E-state index contributed by atoms with van der Waals surface area (Å²) in [6, 6.07) is 10.6. The summed E-state index contributed by atoms with van der Waals surface area (Å²) in [7, 11) is 1.45. The molecule has 0 atom stereocenters. The van der Waals surface area contributed by atoms with Gasteiger partial charge in [0.25, 0.3) is 0 Å². The normalized spacial score (nSPS) is 18.8. The number of likely N-dealkylation sites (N-methyl/N-ethyl adjacent to an activating group) is 1. The lowest BCUT2D eigenvalue weighted by atomic mass is 9.83. The molecule has 3 aliphatic rings. The Morgan fingerprint density at radius 1 is 1.00 bits per heavy atom. The van der Waals surface area contributed by atoms with E-state index in [2.05, 4.69) is 45.6 Å². The molecule has 2 fully saturated rings. The van der Waals surface area contributed by atoms with Crippen molar-refractivity contribution in [1.29, 1.82) is 0 Å². The van der Waals surface area contributed by atoms with Crippen molar-refractivity contribution in [3.05, 3.63) is 40.8 Å². The summed E-state index contributed by atoms with van der Waals surface area (Å²) in [6.45, 7) is 8.66. The largest absolute Gasteiger partial charge is 0.465 e. The third-order valence-electron chi connectivity index (χ3n) is 8.76. The quantitative estimate of drug-likeness (QED) is 0.422. The number of benzene rings is 1. The minimum atomic E-state index is -0.264. The van der Waals surface area contributed by atoms with Crippen molar-refractivity contribution in [3.63, 3.8) is 0 Å². The Hall–Kier alpha value is -2.84. The van der Waals surface area contributed by atoms with Gasteiger partial charge >= 0.3 is 5.97 Å². The summed E-state index contributed by atoms with van der Waals surface area (Å²) in [5, 5.41) is 0. The second-order valence-electron chi connectivity index (χ2n) is 10.8. The van der Waals surface area contributed by atoms with E-state index in [9.17, 15) is 9.59 Å². The lowest BCUT2D eigenvalue weighted by Crippen LogP contribution is -2.51. The standard InChI is InChI=1S/C30H38N4O3S/c1-3-31-13-15-32(16-14-31)26(35)20-33-17-18-34-24-19-25(30(36)37-2)38-29(24)27(21-9-5-4-6-10-21)28(34)22-11-7-8-12-23(22)33/h7-8,11-12,19,21H,3-6,9-10,13-18,20H2,1-2H3. The number of thiophene rings is 1. The number of amides is 1. The molecule has 0 spiro atoms. The van der Waals surface area contributed by atoms with Gasteiger partial charge in [0.15, 0.2) is 0 Å². The van der Waals surface area contributed by atoms with Crippen molar-refractivity contribution in [3.8, 4) is 11.3 Å². The smallest absolute Gasteiger partial charge is 0.348 e. The number of carbonyl (C=O) groups excluding carboxylic acids is 2. The molecule has 3 aromatic rings. The van der Waals surface area contributed by atoms with Gasteiger partial charge in [-0.2, -0.15) is 0 Å². The van der Waals surface area contributed by atoms with Gasteiger partial charge in [0.1, 0.15) is 4.88 Å². The molecule has 0 unspecified atom stereocenters. The van der Waals surface area contributed by atoms with Crippen molar-refractivity contribution < 1.29 is 14.3 Å². The maximum atomic E-state index is 13.4. The molecule has 1 amide bonds. The monoisotopic (exact) mass is 534 g/mol. The average molecular weight is 535 g/mol. The van der Waals surface area contributed by atoms with Crippen LogP contribution in [0.5, 0.6) is 0 Å². The lowest BCUT2D eigenvalue weighted by molar-refractivity contribution is -0.131. The Morgan fingerprint density at radius 2 is 1.76 bits per heavy atom. The molecular formula is C30H38N4O3S. The zero-order chi connectivity index (χ0) is 26.2. The summed E-state index contributed by atoms with van der Waals surface area (Å²) in [5.41, 5.74) is 6.16. The van der Waals surface area contributed by atoms with Crippen LogP contribution in [0.1, 0.15) is 60.2 Å². The topological polar surface area (TPSA) is 58.0 Å². The van der Waals surface area contributed by atoms with E-state index in [0.717, 1.165) is 57.0 Å². The van der Waals surface area contributed by atoms with E-state index in [4.69, 9.17) is 4.74 Å². The Kier molecular flexibility index (Phi) is 7.18. The highest BCUT2D eigenvalue weighted by atomic mass is 32.1. The number of esters is 1. The third kappa shape index (κ3) is 4.51. The van der Waals surface area contributed by atoms with E-state index in [1.165, 1.54) is 60.7 Å². The maximum absolute atomic E-state index is 13.4. The van der Waals surface area contributed by atoms with Crippen LogP contribution < -0.4 is 4.90 Å². The number of anilines is 1. The number of fused-ring (bicyclic) bond motifs is 5. The summed E-state index contributed by atoms with van der Waals surface area (Å²) >= 11 is 1.58. The van der Waals surface area contributed by atoms with Crippen molar-refractivity contribution in [2.75, 3.05) is 57.8 Å². The predicted molar refractivity (Wildman–Crippen MR) is 153 cm³/mol. The first-order chi connectivity index (χ1) is 18.6. The molecule has 2 aromatic heterocycles. The van der Waals surface area contributed by atoms with Crippen molar-refractivity contribution in [1.82, 2.24) is 14.4 Å². The molecule has 6 rings (SSSR count). The van der Waals surface area contributed by atoms with Crippen molar-refractivity contribution in [2.45, 2.75) is 51.5 Å². The van der Waals surface area contributed by atoms with Crippen LogP contribution in [0.15, 0.2) is 30.3 Å². The Balaban J connectivity index is 1.39. The van der Waals surface area contributed by atoms with E-state index in [0.29, 0.717) is 17.3 Å². The predicted octanol–water partition coefficient (Wildman–Crippen LogP) is 5.19.